The number of methoxy groups -OCH3 is 1. The van der Waals surface area contributed by atoms with Crippen LogP contribution in [0.1, 0.15) is 6.42 Å². The lowest BCUT2D eigenvalue weighted by Gasteiger charge is -2.25. The summed E-state index contributed by atoms with van der Waals surface area (Å²) < 4.78 is 40.9. The van der Waals surface area contributed by atoms with E-state index in [4.69, 9.17) is 5.11 Å². The molecular weight excluding hydrogens is 243 g/mol. The molecule has 1 fully saturated rings. The lowest BCUT2D eigenvalue weighted by atomic mass is 10.2. The highest BCUT2D eigenvalue weighted by Gasteiger charge is 2.44. The summed E-state index contributed by atoms with van der Waals surface area (Å²) in [5.74, 6) is -0.712. The Morgan fingerprint density at radius 3 is 2.65 bits per heavy atom. The van der Waals surface area contributed by atoms with E-state index in [0.717, 1.165) is 12.0 Å². The molecule has 0 spiro atoms. The van der Waals surface area contributed by atoms with Crippen molar-refractivity contribution >= 4 is 5.97 Å². The van der Waals surface area contributed by atoms with E-state index in [0.29, 0.717) is 0 Å². The topological polar surface area (TPSA) is 70.0 Å². The average molecular weight is 257 g/mol. The number of halogens is 3. The van der Waals surface area contributed by atoms with Gasteiger partial charge in [0, 0.05) is 19.5 Å². The maximum Gasteiger partial charge on any atom is 0.415 e. The summed E-state index contributed by atoms with van der Waals surface area (Å²) in [4.78, 5) is 12.3. The number of aliphatic hydroxyl groups is 2. The van der Waals surface area contributed by atoms with Crippen molar-refractivity contribution in [2.24, 2.45) is 0 Å². The van der Waals surface area contributed by atoms with E-state index in [1.165, 1.54) is 0 Å². The van der Waals surface area contributed by atoms with Gasteiger partial charge in [-0.15, -0.1) is 0 Å². The fourth-order valence-corrected chi connectivity index (χ4v) is 1.79. The second-order valence-electron chi connectivity index (χ2n) is 3.94. The van der Waals surface area contributed by atoms with Gasteiger partial charge in [-0.25, -0.2) is 0 Å². The van der Waals surface area contributed by atoms with Gasteiger partial charge in [0.05, 0.1) is 13.2 Å². The number of hydrogen-bond acceptors (Lipinski definition) is 5. The van der Waals surface area contributed by atoms with Crippen molar-refractivity contribution in [1.29, 1.82) is 0 Å². The molecule has 0 unspecified atom stereocenters. The second-order valence-corrected chi connectivity index (χ2v) is 3.94. The lowest BCUT2D eigenvalue weighted by Crippen LogP contribution is -2.45. The maximum atomic E-state index is 12.2. The Balaban J connectivity index is 2.65. The smallest absolute Gasteiger partial charge is 0.415 e. The second kappa shape index (κ2) is 5.19. The number of β-amino-alcohol motifs (C(OH)–C–C–N with tert-alkyl or cyclic N) is 2. The molecule has 2 N–H and O–H groups in total. The van der Waals surface area contributed by atoms with Crippen molar-refractivity contribution in [2.45, 2.75) is 30.8 Å². The molecule has 0 bridgehead atoms. The predicted octanol–water partition coefficient (Wildman–Crippen LogP) is -0.482. The highest BCUT2D eigenvalue weighted by Crippen LogP contribution is 2.25. The van der Waals surface area contributed by atoms with Gasteiger partial charge in [-0.1, -0.05) is 0 Å². The Labute approximate surface area is 95.8 Å². The first-order chi connectivity index (χ1) is 7.75. The zero-order valence-electron chi connectivity index (χ0n) is 9.15. The number of alkyl halides is 3. The fraction of sp³-hybridized carbons (Fsp3) is 0.889. The Morgan fingerprint density at radius 1 is 1.59 bits per heavy atom. The number of hydrogen-bond donors (Lipinski definition) is 2. The van der Waals surface area contributed by atoms with Crippen molar-refractivity contribution in [2.75, 3.05) is 20.2 Å². The van der Waals surface area contributed by atoms with Gasteiger partial charge in [0.25, 0.3) is 0 Å². The van der Waals surface area contributed by atoms with Crippen LogP contribution in [0.4, 0.5) is 13.2 Å². The van der Waals surface area contributed by atoms with Gasteiger partial charge in [-0.2, -0.15) is 13.2 Å². The molecule has 0 saturated carbocycles. The van der Waals surface area contributed by atoms with Gasteiger partial charge in [0.2, 0.25) is 0 Å². The van der Waals surface area contributed by atoms with Gasteiger partial charge >= 0.3 is 12.1 Å². The first-order valence-electron chi connectivity index (χ1n) is 5.00. The molecule has 0 radical (unpaired) electrons. The molecule has 0 aromatic rings. The number of carbonyl (C=O) groups excluding carboxylic acids is 1. The molecule has 1 aliphatic rings. The van der Waals surface area contributed by atoms with Crippen LogP contribution >= 0.6 is 0 Å². The highest BCUT2D eigenvalue weighted by molar-refractivity contribution is 5.76. The van der Waals surface area contributed by atoms with Crippen molar-refractivity contribution < 1.29 is 32.9 Å². The molecule has 1 heterocycles. The minimum atomic E-state index is -4.74. The first-order valence-corrected chi connectivity index (χ1v) is 5.00. The zero-order chi connectivity index (χ0) is 13.2. The minimum Gasteiger partial charge on any atom is -0.468 e. The Morgan fingerprint density at radius 2 is 2.18 bits per heavy atom. The monoisotopic (exact) mass is 257 g/mol. The van der Waals surface area contributed by atoms with E-state index in [1.807, 2.05) is 0 Å². The maximum absolute atomic E-state index is 12.2. The molecule has 0 aromatic heterocycles. The predicted molar refractivity (Wildman–Crippen MR) is 50.1 cm³/mol. The van der Waals surface area contributed by atoms with E-state index < -0.39 is 36.9 Å². The van der Waals surface area contributed by atoms with E-state index in [-0.39, 0.29) is 13.0 Å². The Bertz CT molecular complexity index is 284. The summed E-state index contributed by atoms with van der Waals surface area (Å²) in [6, 6.07) is -0.938. The number of ether oxygens (including phenoxy) is 1. The van der Waals surface area contributed by atoms with Crippen molar-refractivity contribution in [3.05, 3.63) is 0 Å². The molecule has 3 atom stereocenters. The number of esters is 1. The standard InChI is InChI=1S/C9H14F3NO4/c1-17-8(16)6-2-5(14)3-13(6)4-7(15)9(10,11)12/h5-7,14-15H,2-4H2,1H3/t5-,6+,7+/m0/s1. The zero-order valence-corrected chi connectivity index (χ0v) is 9.15. The molecule has 17 heavy (non-hydrogen) atoms. The largest absolute Gasteiger partial charge is 0.468 e. The summed E-state index contributed by atoms with van der Waals surface area (Å²) >= 11 is 0. The molecule has 5 nitrogen and oxygen atoms in total. The van der Waals surface area contributed by atoms with Crippen LogP contribution in [0.15, 0.2) is 0 Å². The Kier molecular flexibility index (Phi) is 4.34. The number of likely N-dealkylation sites (tertiary alicyclic amines) is 1. The first kappa shape index (κ1) is 14.2. The molecular formula is C9H14F3NO4. The van der Waals surface area contributed by atoms with Crippen LogP contribution in [0.5, 0.6) is 0 Å². The van der Waals surface area contributed by atoms with Crippen molar-refractivity contribution in [1.82, 2.24) is 4.90 Å². The third-order valence-electron chi connectivity index (χ3n) is 2.64. The van der Waals surface area contributed by atoms with Gasteiger partial charge in [0.15, 0.2) is 6.10 Å². The normalized spacial score (nSPS) is 28.1. The number of carbonyl (C=O) groups is 1. The van der Waals surface area contributed by atoms with E-state index >= 15 is 0 Å². The van der Waals surface area contributed by atoms with E-state index in [2.05, 4.69) is 4.74 Å². The molecule has 1 aliphatic heterocycles. The van der Waals surface area contributed by atoms with Crippen molar-refractivity contribution in [3.8, 4) is 0 Å². The van der Waals surface area contributed by atoms with Crippen LogP contribution in [0.25, 0.3) is 0 Å². The van der Waals surface area contributed by atoms with Crippen LogP contribution in [0, 0.1) is 0 Å². The fourth-order valence-electron chi connectivity index (χ4n) is 1.79. The van der Waals surface area contributed by atoms with Gasteiger partial charge in [-0.05, 0) is 0 Å². The third kappa shape index (κ3) is 3.55. The average Bonchev–Trinajstić information content (AvgIpc) is 2.57. The summed E-state index contributed by atoms with van der Waals surface area (Å²) in [6.07, 6.45) is -8.16. The summed E-state index contributed by atoms with van der Waals surface area (Å²) in [6.45, 7) is -0.840. The highest BCUT2D eigenvalue weighted by atomic mass is 19.4. The lowest BCUT2D eigenvalue weighted by molar-refractivity contribution is -0.209. The van der Waals surface area contributed by atoms with E-state index in [1.54, 1.807) is 0 Å². The number of nitrogens with zero attached hydrogens (tertiary/aromatic N) is 1. The van der Waals surface area contributed by atoms with Crippen LogP contribution in [-0.4, -0.2) is 65.7 Å². The van der Waals surface area contributed by atoms with Gasteiger partial charge in [0.1, 0.15) is 6.04 Å². The van der Waals surface area contributed by atoms with E-state index in [9.17, 15) is 23.1 Å². The van der Waals surface area contributed by atoms with Crippen LogP contribution in [0.3, 0.4) is 0 Å². The molecule has 8 heteroatoms. The van der Waals surface area contributed by atoms with Crippen molar-refractivity contribution in [3.63, 3.8) is 0 Å². The Hall–Kier alpha value is -0.860. The van der Waals surface area contributed by atoms with Crippen LogP contribution < -0.4 is 0 Å². The molecule has 100 valence electrons. The number of rotatable bonds is 3. The van der Waals surface area contributed by atoms with Gasteiger partial charge in [-0.3, -0.25) is 9.69 Å². The summed E-state index contributed by atoms with van der Waals surface area (Å²) in [5, 5.41) is 18.2. The quantitative estimate of drug-likeness (QED) is 0.668. The summed E-state index contributed by atoms with van der Waals surface area (Å²) in [5.41, 5.74) is 0. The molecule has 0 amide bonds. The molecule has 0 aliphatic carbocycles. The summed E-state index contributed by atoms with van der Waals surface area (Å²) in [7, 11) is 1.12. The SMILES string of the molecule is COC(=O)[C@H]1C[C@H](O)CN1C[C@@H](O)C(F)(F)F. The van der Waals surface area contributed by atoms with Crippen LogP contribution in [0.2, 0.25) is 0 Å². The third-order valence-corrected chi connectivity index (χ3v) is 2.64. The minimum absolute atomic E-state index is 0.0112. The van der Waals surface area contributed by atoms with Crippen LogP contribution in [-0.2, 0) is 9.53 Å². The number of aliphatic hydroxyl groups excluding tert-OH is 2. The molecule has 1 rings (SSSR count). The molecule has 1 saturated heterocycles. The molecule has 0 aromatic carbocycles. The van der Waals surface area contributed by atoms with Gasteiger partial charge < -0.3 is 14.9 Å².